The lowest BCUT2D eigenvalue weighted by atomic mass is 9.98. The summed E-state index contributed by atoms with van der Waals surface area (Å²) >= 11 is 0. The zero-order valence-corrected chi connectivity index (χ0v) is 18.8. The zero-order chi connectivity index (χ0) is 23.5. The Morgan fingerprint density at radius 3 is 2.55 bits per heavy atom. The summed E-state index contributed by atoms with van der Waals surface area (Å²) in [6.45, 7) is 7.45. The van der Waals surface area contributed by atoms with E-state index in [2.05, 4.69) is 45.8 Å². The molecule has 0 aliphatic carbocycles. The number of rotatable bonds is 5. The molecule has 0 aliphatic heterocycles. The van der Waals surface area contributed by atoms with Crippen molar-refractivity contribution in [2.75, 3.05) is 0 Å². The fourth-order valence-corrected chi connectivity index (χ4v) is 4.32. The number of hydrogen-bond donors (Lipinski definition) is 2. The first kappa shape index (κ1) is 20.9. The number of halogens is 1. The molecule has 0 saturated heterocycles. The lowest BCUT2D eigenvalue weighted by Gasteiger charge is -2.19. The average molecular weight is 445 g/mol. The molecule has 0 spiro atoms. The minimum absolute atomic E-state index is 0.116. The van der Waals surface area contributed by atoms with Crippen molar-refractivity contribution in [3.8, 4) is 16.8 Å². The van der Waals surface area contributed by atoms with Crippen molar-refractivity contribution in [3.05, 3.63) is 66.5 Å². The first-order chi connectivity index (χ1) is 15.7. The van der Waals surface area contributed by atoms with E-state index in [9.17, 15) is 14.3 Å². The highest BCUT2D eigenvalue weighted by molar-refractivity contribution is 6.05. The third-order valence-electron chi connectivity index (χ3n) is 6.16. The summed E-state index contributed by atoms with van der Waals surface area (Å²) in [4.78, 5) is 11.8. The van der Waals surface area contributed by atoms with Gasteiger partial charge in [-0.2, -0.15) is 10.2 Å². The van der Waals surface area contributed by atoms with Crippen molar-refractivity contribution in [1.29, 1.82) is 0 Å². The Hall–Kier alpha value is -3.94. The van der Waals surface area contributed by atoms with Crippen molar-refractivity contribution < 1.29 is 14.3 Å². The van der Waals surface area contributed by atoms with E-state index in [0.29, 0.717) is 0 Å². The van der Waals surface area contributed by atoms with E-state index < -0.39 is 11.5 Å². The molecule has 0 atom stereocenters. The molecular formula is C25H24FN5O2. The van der Waals surface area contributed by atoms with Crippen LogP contribution >= 0.6 is 0 Å². The Bertz CT molecular complexity index is 1510. The number of aromatic nitrogens is 5. The maximum absolute atomic E-state index is 13.7. The normalized spacial score (nSPS) is 12.3. The second-order valence-corrected chi connectivity index (χ2v) is 9.09. The van der Waals surface area contributed by atoms with Crippen LogP contribution in [0.5, 0.6) is 0 Å². The average Bonchev–Trinajstić information content (AvgIpc) is 3.49. The van der Waals surface area contributed by atoms with Crippen molar-refractivity contribution in [2.24, 2.45) is 0 Å². The molecule has 33 heavy (non-hydrogen) atoms. The van der Waals surface area contributed by atoms with Crippen LogP contribution < -0.4 is 0 Å². The summed E-state index contributed by atoms with van der Waals surface area (Å²) in [6, 6.07) is 10.6. The molecule has 0 unspecified atom stereocenters. The summed E-state index contributed by atoms with van der Waals surface area (Å²) < 4.78 is 17.3. The lowest BCUT2D eigenvalue weighted by molar-refractivity contribution is -0.146. The number of benzene rings is 2. The number of carboxylic acid groups (broad SMARTS) is 1. The predicted molar refractivity (Wildman–Crippen MR) is 125 cm³/mol. The number of nitrogens with one attached hydrogen (secondary N) is 1. The molecule has 3 aromatic heterocycles. The summed E-state index contributed by atoms with van der Waals surface area (Å²) in [5.74, 6) is -1.14. The maximum atomic E-state index is 13.7. The van der Waals surface area contributed by atoms with Gasteiger partial charge in [0.1, 0.15) is 5.82 Å². The van der Waals surface area contributed by atoms with Crippen LogP contribution in [0, 0.1) is 5.82 Å². The number of carbonyl (C=O) groups is 1. The molecule has 5 aromatic rings. The molecule has 0 bridgehead atoms. The summed E-state index contributed by atoms with van der Waals surface area (Å²) in [7, 11) is 0. The van der Waals surface area contributed by atoms with E-state index in [0.717, 1.165) is 44.3 Å². The van der Waals surface area contributed by atoms with Crippen LogP contribution in [0.25, 0.3) is 38.6 Å². The van der Waals surface area contributed by atoms with Gasteiger partial charge in [-0.3, -0.25) is 9.78 Å². The third kappa shape index (κ3) is 3.21. The molecule has 0 amide bonds. The number of hydrogen-bond acceptors (Lipinski definition) is 3. The standard InChI is InChI=1S/C25H24FN5O2/c1-14(2)23-22(16-12-28-30(13-16)25(3,4)24(32)33)19-10-20-15(11-27-29-20)9-21(19)31(23)18-7-5-17(26)6-8-18/h5-14H,1-4H3,(H,27,29)(H,32,33). The van der Waals surface area contributed by atoms with Crippen LogP contribution in [0.3, 0.4) is 0 Å². The van der Waals surface area contributed by atoms with Gasteiger partial charge < -0.3 is 9.67 Å². The molecule has 0 fully saturated rings. The Labute approximate surface area is 189 Å². The Kier molecular flexibility index (Phi) is 4.63. The molecule has 2 aromatic carbocycles. The van der Waals surface area contributed by atoms with Gasteiger partial charge in [0.05, 0.1) is 23.4 Å². The van der Waals surface area contributed by atoms with Crippen LogP contribution in [0.1, 0.15) is 39.3 Å². The molecule has 7 nitrogen and oxygen atoms in total. The van der Waals surface area contributed by atoms with E-state index >= 15 is 0 Å². The number of aromatic amines is 1. The second kappa shape index (κ2) is 7.30. The highest BCUT2D eigenvalue weighted by atomic mass is 19.1. The van der Waals surface area contributed by atoms with E-state index in [4.69, 9.17) is 0 Å². The van der Waals surface area contributed by atoms with Gasteiger partial charge in [-0.15, -0.1) is 0 Å². The largest absolute Gasteiger partial charge is 0.479 e. The van der Waals surface area contributed by atoms with Gasteiger partial charge in [0.15, 0.2) is 5.54 Å². The minimum Gasteiger partial charge on any atom is -0.479 e. The fourth-order valence-electron chi connectivity index (χ4n) is 4.32. The number of nitrogens with zero attached hydrogens (tertiary/aromatic N) is 4. The van der Waals surface area contributed by atoms with Gasteiger partial charge in [0, 0.05) is 39.5 Å². The maximum Gasteiger partial charge on any atom is 0.331 e. The summed E-state index contributed by atoms with van der Waals surface area (Å²) in [5, 5.41) is 23.2. The van der Waals surface area contributed by atoms with E-state index in [1.165, 1.54) is 16.8 Å². The molecule has 0 saturated carbocycles. The van der Waals surface area contributed by atoms with Crippen LogP contribution in [0.2, 0.25) is 0 Å². The Morgan fingerprint density at radius 2 is 1.88 bits per heavy atom. The van der Waals surface area contributed by atoms with Crippen LogP contribution in [-0.2, 0) is 10.3 Å². The molecule has 0 aliphatic rings. The van der Waals surface area contributed by atoms with Crippen molar-refractivity contribution in [3.63, 3.8) is 0 Å². The second-order valence-electron chi connectivity index (χ2n) is 9.09. The van der Waals surface area contributed by atoms with Gasteiger partial charge in [-0.25, -0.2) is 9.18 Å². The van der Waals surface area contributed by atoms with Crippen molar-refractivity contribution >= 4 is 27.8 Å². The highest BCUT2D eigenvalue weighted by Gasteiger charge is 2.31. The fraction of sp³-hybridized carbons (Fsp3) is 0.240. The van der Waals surface area contributed by atoms with Crippen molar-refractivity contribution in [1.82, 2.24) is 24.5 Å². The minimum atomic E-state index is -1.19. The quantitative estimate of drug-likeness (QED) is 0.376. The Balaban J connectivity index is 1.87. The summed E-state index contributed by atoms with van der Waals surface area (Å²) in [5.41, 5.74) is 4.32. The first-order valence-electron chi connectivity index (χ1n) is 10.7. The predicted octanol–water partition coefficient (Wildman–Crippen LogP) is 5.45. The van der Waals surface area contributed by atoms with Gasteiger partial charge >= 0.3 is 5.97 Å². The number of aliphatic carboxylic acids is 1. The molecule has 3 heterocycles. The molecular weight excluding hydrogens is 421 g/mol. The van der Waals surface area contributed by atoms with Gasteiger partial charge in [-0.05, 0) is 56.2 Å². The van der Waals surface area contributed by atoms with Crippen LogP contribution in [0.4, 0.5) is 4.39 Å². The number of fused-ring (bicyclic) bond motifs is 2. The van der Waals surface area contributed by atoms with Crippen molar-refractivity contribution in [2.45, 2.75) is 39.2 Å². The summed E-state index contributed by atoms with van der Waals surface area (Å²) in [6.07, 6.45) is 5.26. The van der Waals surface area contributed by atoms with E-state index in [1.54, 1.807) is 44.6 Å². The first-order valence-corrected chi connectivity index (χ1v) is 10.7. The van der Waals surface area contributed by atoms with Gasteiger partial charge in [0.2, 0.25) is 0 Å². The number of H-pyrrole nitrogens is 1. The smallest absolute Gasteiger partial charge is 0.331 e. The topological polar surface area (TPSA) is 88.7 Å². The third-order valence-corrected chi connectivity index (χ3v) is 6.16. The van der Waals surface area contributed by atoms with Gasteiger partial charge in [0.25, 0.3) is 0 Å². The molecule has 0 radical (unpaired) electrons. The molecule has 168 valence electrons. The SMILES string of the molecule is CC(C)c1c(-c2cnn(C(C)(C)C(=O)O)c2)c2cc3[nH]ncc3cc2n1-c1ccc(F)cc1. The van der Waals surface area contributed by atoms with Crippen LogP contribution in [-0.4, -0.2) is 35.6 Å². The van der Waals surface area contributed by atoms with Gasteiger partial charge in [-0.1, -0.05) is 13.8 Å². The Morgan fingerprint density at radius 1 is 1.15 bits per heavy atom. The highest BCUT2D eigenvalue weighted by Crippen LogP contribution is 2.42. The lowest BCUT2D eigenvalue weighted by Crippen LogP contribution is -2.35. The molecule has 8 heteroatoms. The van der Waals surface area contributed by atoms with Crippen LogP contribution in [0.15, 0.2) is 55.0 Å². The molecule has 5 rings (SSSR count). The zero-order valence-electron chi connectivity index (χ0n) is 18.8. The molecule has 2 N–H and O–H groups in total. The monoisotopic (exact) mass is 445 g/mol. The number of carboxylic acids is 1. The van der Waals surface area contributed by atoms with E-state index in [1.807, 2.05) is 0 Å². The van der Waals surface area contributed by atoms with E-state index in [-0.39, 0.29) is 11.7 Å².